The highest BCUT2D eigenvalue weighted by Gasteiger charge is 2.06. The minimum atomic E-state index is -0.634. The van der Waals surface area contributed by atoms with E-state index < -0.39 is 5.24 Å². The van der Waals surface area contributed by atoms with Crippen LogP contribution in [0.5, 0.6) is 5.88 Å². The van der Waals surface area contributed by atoms with E-state index in [4.69, 9.17) is 10.5 Å². The topological polar surface area (TPSA) is 95.2 Å². The fourth-order valence-electron chi connectivity index (χ4n) is 1.67. The molecule has 7 heteroatoms. The summed E-state index contributed by atoms with van der Waals surface area (Å²) < 4.78 is 5.16. The Morgan fingerprint density at radius 1 is 1.40 bits per heavy atom. The Morgan fingerprint density at radius 3 is 2.85 bits per heavy atom. The molecule has 1 amide bonds. The first-order chi connectivity index (χ1) is 9.63. The number of primary amides is 1. The van der Waals surface area contributed by atoms with Crippen molar-refractivity contribution in [3.8, 4) is 5.88 Å². The predicted molar refractivity (Wildman–Crippen MR) is 77.3 cm³/mol. The van der Waals surface area contributed by atoms with Crippen LogP contribution in [0.15, 0.2) is 29.4 Å². The minimum Gasteiger partial charge on any atom is -0.480 e. The van der Waals surface area contributed by atoms with Gasteiger partial charge in [0.05, 0.1) is 22.9 Å². The average molecular weight is 289 g/mol. The van der Waals surface area contributed by atoms with E-state index in [2.05, 4.69) is 9.97 Å². The molecule has 6 nitrogen and oxygen atoms in total. The highest BCUT2D eigenvalue weighted by atomic mass is 32.2. The van der Waals surface area contributed by atoms with Crippen molar-refractivity contribution >= 4 is 40.3 Å². The van der Waals surface area contributed by atoms with E-state index in [1.165, 1.54) is 13.4 Å². The van der Waals surface area contributed by atoms with Gasteiger partial charge in [-0.2, -0.15) is 0 Å². The van der Waals surface area contributed by atoms with Gasteiger partial charge in [-0.1, -0.05) is 6.07 Å². The van der Waals surface area contributed by atoms with Crippen molar-refractivity contribution in [3.05, 3.63) is 35.0 Å². The van der Waals surface area contributed by atoms with Crippen LogP contribution in [0.1, 0.15) is 5.56 Å². The molecule has 1 aromatic heterocycles. The Kier molecular flexibility index (Phi) is 4.31. The summed E-state index contributed by atoms with van der Waals surface area (Å²) in [5.74, 6) is 0.445. The van der Waals surface area contributed by atoms with Crippen LogP contribution in [-0.4, -0.2) is 28.6 Å². The van der Waals surface area contributed by atoms with Gasteiger partial charge in [0, 0.05) is 0 Å². The summed E-state index contributed by atoms with van der Waals surface area (Å²) in [6.45, 7) is 0. The first-order valence-corrected chi connectivity index (χ1v) is 6.38. The number of rotatable bonds is 4. The molecule has 0 aliphatic heterocycles. The molecule has 0 atom stereocenters. The Bertz CT molecular complexity index is 700. The molecule has 2 aromatic rings. The summed E-state index contributed by atoms with van der Waals surface area (Å²) in [5.41, 5.74) is 6.49. The van der Waals surface area contributed by atoms with Crippen molar-refractivity contribution in [1.82, 2.24) is 9.97 Å². The number of methoxy groups -OCH3 is 1. The number of aldehydes is 1. The van der Waals surface area contributed by atoms with Gasteiger partial charge >= 0.3 is 0 Å². The van der Waals surface area contributed by atoms with Gasteiger partial charge in [0.15, 0.2) is 6.29 Å². The van der Waals surface area contributed by atoms with E-state index in [0.717, 1.165) is 16.5 Å². The molecule has 0 saturated carbocycles. The summed E-state index contributed by atoms with van der Waals surface area (Å²) in [6.07, 6.45) is 3.56. The van der Waals surface area contributed by atoms with E-state index in [0.29, 0.717) is 23.9 Å². The second kappa shape index (κ2) is 6.16. The second-order valence-corrected chi connectivity index (χ2v) is 4.82. The lowest BCUT2D eigenvalue weighted by Crippen LogP contribution is -2.02. The molecular weight excluding hydrogens is 278 g/mol. The zero-order valence-electron chi connectivity index (χ0n) is 10.6. The highest BCUT2D eigenvalue weighted by molar-refractivity contribution is 8.17. The maximum absolute atomic E-state index is 10.9. The normalized spacial score (nSPS) is 11.3. The third-order valence-corrected chi connectivity index (χ3v) is 3.11. The fourth-order valence-corrected chi connectivity index (χ4v) is 2.15. The third kappa shape index (κ3) is 3.12. The smallest absolute Gasteiger partial charge is 0.281 e. The number of ether oxygens (including phenoxy) is 1. The number of thioether (sulfide) groups is 1. The number of amides is 1. The van der Waals surface area contributed by atoms with Crippen LogP contribution in [0.4, 0.5) is 4.79 Å². The Balaban J connectivity index is 2.47. The summed E-state index contributed by atoms with van der Waals surface area (Å²) in [7, 11) is 1.52. The van der Waals surface area contributed by atoms with Gasteiger partial charge in [0.25, 0.3) is 5.24 Å². The van der Waals surface area contributed by atoms with Gasteiger partial charge in [0.2, 0.25) is 5.88 Å². The molecule has 0 aliphatic rings. The lowest BCUT2D eigenvalue weighted by atomic mass is 10.1. The molecule has 0 radical (unpaired) electrons. The lowest BCUT2D eigenvalue weighted by molar-refractivity contribution is -0.104. The van der Waals surface area contributed by atoms with Crippen molar-refractivity contribution in [1.29, 1.82) is 0 Å². The SMILES string of the molecule is COc1ncnc2ccc(/C=C(/C=O)SC(N)=O)cc12. The highest BCUT2D eigenvalue weighted by Crippen LogP contribution is 2.24. The standard InChI is InChI=1S/C13H11N3O3S/c1-19-12-10-5-8(2-3-11(10)15-7-16-12)4-9(6-17)20-13(14)18/h2-7H,1H3,(H2,14,18)/b9-4-. The number of carbonyl (C=O) groups excluding carboxylic acids is 2. The van der Waals surface area contributed by atoms with Crippen molar-refractivity contribution in [2.24, 2.45) is 5.73 Å². The maximum Gasteiger partial charge on any atom is 0.281 e. The molecule has 2 N–H and O–H groups in total. The van der Waals surface area contributed by atoms with Crippen molar-refractivity contribution in [3.63, 3.8) is 0 Å². The van der Waals surface area contributed by atoms with Crippen LogP contribution in [0.2, 0.25) is 0 Å². The molecule has 20 heavy (non-hydrogen) atoms. The molecule has 0 fully saturated rings. The molecule has 0 bridgehead atoms. The first kappa shape index (κ1) is 14.0. The number of allylic oxidation sites excluding steroid dienone is 1. The van der Waals surface area contributed by atoms with Crippen molar-refractivity contribution < 1.29 is 14.3 Å². The van der Waals surface area contributed by atoms with Gasteiger partial charge in [-0.05, 0) is 35.5 Å². The Hall–Kier alpha value is -2.41. The molecule has 1 heterocycles. The van der Waals surface area contributed by atoms with Gasteiger partial charge in [-0.3, -0.25) is 9.59 Å². The molecule has 1 aromatic carbocycles. The number of hydrogen-bond acceptors (Lipinski definition) is 6. The average Bonchev–Trinajstić information content (AvgIpc) is 2.45. The maximum atomic E-state index is 10.9. The van der Waals surface area contributed by atoms with Gasteiger partial charge < -0.3 is 10.5 Å². The number of carbonyl (C=O) groups is 2. The Morgan fingerprint density at radius 2 is 2.20 bits per heavy atom. The van der Waals surface area contributed by atoms with Gasteiger partial charge in [-0.15, -0.1) is 0 Å². The van der Waals surface area contributed by atoms with Crippen LogP contribution < -0.4 is 10.5 Å². The molecule has 0 aliphatic carbocycles. The number of benzene rings is 1. The first-order valence-electron chi connectivity index (χ1n) is 5.57. The van der Waals surface area contributed by atoms with Crippen LogP contribution >= 0.6 is 11.8 Å². The number of hydrogen-bond donors (Lipinski definition) is 1. The second-order valence-electron chi connectivity index (χ2n) is 3.75. The van der Waals surface area contributed by atoms with Crippen molar-refractivity contribution in [2.45, 2.75) is 0 Å². The molecule has 0 unspecified atom stereocenters. The summed E-state index contributed by atoms with van der Waals surface area (Å²) in [5, 5.41) is 0.0862. The van der Waals surface area contributed by atoms with Crippen LogP contribution in [0, 0.1) is 0 Å². The van der Waals surface area contributed by atoms with Gasteiger partial charge in [0.1, 0.15) is 6.33 Å². The van der Waals surface area contributed by atoms with Crippen LogP contribution in [0.25, 0.3) is 17.0 Å². The molecular formula is C13H11N3O3S. The lowest BCUT2D eigenvalue weighted by Gasteiger charge is -2.04. The molecule has 0 spiro atoms. The van der Waals surface area contributed by atoms with Crippen LogP contribution in [0.3, 0.4) is 0 Å². The third-order valence-electron chi connectivity index (χ3n) is 2.46. The van der Waals surface area contributed by atoms with Crippen molar-refractivity contribution in [2.75, 3.05) is 7.11 Å². The molecule has 2 rings (SSSR count). The molecule has 0 saturated heterocycles. The molecule has 102 valence electrons. The number of nitrogens with zero attached hydrogens (tertiary/aromatic N) is 2. The van der Waals surface area contributed by atoms with Gasteiger partial charge in [-0.25, -0.2) is 9.97 Å². The summed E-state index contributed by atoms with van der Waals surface area (Å²) >= 11 is 0.679. The van der Waals surface area contributed by atoms with E-state index in [1.54, 1.807) is 24.3 Å². The fraction of sp³-hybridized carbons (Fsp3) is 0.0769. The van der Waals surface area contributed by atoms with E-state index in [-0.39, 0.29) is 4.91 Å². The monoisotopic (exact) mass is 289 g/mol. The van der Waals surface area contributed by atoms with E-state index >= 15 is 0 Å². The zero-order chi connectivity index (χ0) is 14.5. The number of nitrogens with two attached hydrogens (primary N) is 1. The minimum absolute atomic E-state index is 0.229. The Labute approximate surface area is 119 Å². The van der Waals surface area contributed by atoms with E-state index in [9.17, 15) is 9.59 Å². The quantitative estimate of drug-likeness (QED) is 0.683. The van der Waals surface area contributed by atoms with E-state index in [1.807, 2.05) is 0 Å². The summed E-state index contributed by atoms with van der Waals surface area (Å²) in [6, 6.07) is 5.34. The predicted octanol–water partition coefficient (Wildman–Crippen LogP) is 1.99. The zero-order valence-corrected chi connectivity index (χ0v) is 11.4. The number of fused-ring (bicyclic) bond motifs is 1. The summed E-state index contributed by atoms with van der Waals surface area (Å²) in [4.78, 5) is 30.1. The van der Waals surface area contributed by atoms with Crippen LogP contribution in [-0.2, 0) is 4.79 Å². The largest absolute Gasteiger partial charge is 0.480 e. The number of aromatic nitrogens is 2.